The van der Waals surface area contributed by atoms with Crippen LogP contribution in [0.3, 0.4) is 0 Å². The van der Waals surface area contributed by atoms with Gasteiger partial charge in [-0.1, -0.05) is 12.1 Å². The van der Waals surface area contributed by atoms with Crippen molar-refractivity contribution in [2.75, 3.05) is 32.2 Å². The van der Waals surface area contributed by atoms with Gasteiger partial charge in [0.1, 0.15) is 29.3 Å². The number of anilines is 1. The van der Waals surface area contributed by atoms with Gasteiger partial charge in [0.05, 0.1) is 30.8 Å². The predicted molar refractivity (Wildman–Crippen MR) is 122 cm³/mol. The van der Waals surface area contributed by atoms with Gasteiger partial charge in [-0.2, -0.15) is 5.10 Å². The Morgan fingerprint density at radius 2 is 1.97 bits per heavy atom. The van der Waals surface area contributed by atoms with E-state index in [1.54, 1.807) is 25.4 Å². The number of hydrogen-bond acceptors (Lipinski definition) is 6. The summed E-state index contributed by atoms with van der Waals surface area (Å²) in [5, 5.41) is 9.47. The number of pyridine rings is 1. The molecular weight excluding hydrogens is 441 g/mol. The highest BCUT2D eigenvalue weighted by Crippen LogP contribution is 2.39. The first-order valence-electron chi connectivity index (χ1n) is 11.3. The Hall–Kier alpha value is -3.53. The maximum atomic E-state index is 14.6. The van der Waals surface area contributed by atoms with Crippen LogP contribution in [0, 0.1) is 0 Å². The quantitative estimate of drug-likeness (QED) is 0.597. The number of fused-ring (bicyclic) bond motifs is 1. The molecule has 0 bridgehead atoms. The van der Waals surface area contributed by atoms with Crippen molar-refractivity contribution in [3.05, 3.63) is 48.2 Å². The van der Waals surface area contributed by atoms with Crippen molar-refractivity contribution < 1.29 is 23.5 Å². The number of nitrogens with zero attached hydrogens (tertiary/aromatic N) is 3. The predicted octanol–water partition coefficient (Wildman–Crippen LogP) is 2.59. The molecule has 0 unspecified atom stereocenters. The number of aromatic amines is 1. The minimum absolute atomic E-state index is 0.0548. The molecule has 2 atom stereocenters. The van der Waals surface area contributed by atoms with Crippen LogP contribution in [0.4, 0.5) is 10.2 Å². The summed E-state index contributed by atoms with van der Waals surface area (Å²) in [5.74, 6) is 0.299. The first-order valence-corrected chi connectivity index (χ1v) is 11.3. The van der Waals surface area contributed by atoms with Gasteiger partial charge < -0.3 is 19.7 Å². The Balaban J connectivity index is 1.41. The number of benzene rings is 1. The number of ether oxygens (including phenoxy) is 2. The van der Waals surface area contributed by atoms with Gasteiger partial charge in [-0.15, -0.1) is 0 Å². The fourth-order valence-electron chi connectivity index (χ4n) is 4.90. The fraction of sp³-hybridized carbons (Fsp3) is 0.417. The highest BCUT2D eigenvalue weighted by Gasteiger charge is 2.49. The molecule has 10 heteroatoms. The van der Waals surface area contributed by atoms with E-state index in [1.165, 1.54) is 4.90 Å². The minimum atomic E-state index is -1.28. The summed E-state index contributed by atoms with van der Waals surface area (Å²) in [6.45, 7) is 0.705. The number of nitrogens with one attached hydrogen (secondary N) is 2. The third-order valence-electron chi connectivity index (χ3n) is 6.76. The number of likely N-dealkylation sites (tertiary alicyclic amines) is 1. The lowest BCUT2D eigenvalue weighted by molar-refractivity contribution is -0.145. The van der Waals surface area contributed by atoms with E-state index in [0.717, 1.165) is 11.1 Å². The first-order chi connectivity index (χ1) is 16.5. The topological polar surface area (TPSA) is 109 Å². The summed E-state index contributed by atoms with van der Waals surface area (Å²) >= 11 is 0. The van der Waals surface area contributed by atoms with E-state index in [0.29, 0.717) is 43.1 Å². The molecule has 0 saturated carbocycles. The highest BCUT2D eigenvalue weighted by molar-refractivity contribution is 5.99. The van der Waals surface area contributed by atoms with Crippen LogP contribution in [0.25, 0.3) is 11.0 Å². The molecule has 4 heterocycles. The van der Waals surface area contributed by atoms with Crippen LogP contribution in [0.2, 0.25) is 0 Å². The number of methoxy groups -OCH3 is 1. The molecule has 2 fully saturated rings. The summed E-state index contributed by atoms with van der Waals surface area (Å²) in [4.78, 5) is 32.9. The normalized spacial score (nSPS) is 22.0. The van der Waals surface area contributed by atoms with Crippen LogP contribution in [-0.4, -0.2) is 71.0 Å². The van der Waals surface area contributed by atoms with E-state index >= 15 is 0 Å². The minimum Gasteiger partial charge on any atom is -0.497 e. The van der Waals surface area contributed by atoms with E-state index in [-0.39, 0.29) is 18.9 Å². The number of hydrogen-bond donors (Lipinski definition) is 2. The van der Waals surface area contributed by atoms with E-state index in [4.69, 9.17) is 9.47 Å². The van der Waals surface area contributed by atoms with Crippen LogP contribution in [0.1, 0.15) is 24.8 Å². The number of rotatable bonds is 5. The number of amides is 2. The molecule has 0 aliphatic carbocycles. The second-order valence-electron chi connectivity index (χ2n) is 8.72. The molecule has 5 rings (SSSR count). The Morgan fingerprint density at radius 1 is 1.21 bits per heavy atom. The Kier molecular flexibility index (Phi) is 5.91. The molecule has 178 valence electrons. The molecule has 0 radical (unpaired) electrons. The summed E-state index contributed by atoms with van der Waals surface area (Å²) in [5.41, 5.74) is 1.26. The van der Waals surface area contributed by atoms with Gasteiger partial charge in [0, 0.05) is 19.6 Å². The molecular formula is C24H26FN5O4. The summed E-state index contributed by atoms with van der Waals surface area (Å²) < 4.78 is 25.4. The molecule has 2 saturated heterocycles. The van der Waals surface area contributed by atoms with Crippen molar-refractivity contribution >= 4 is 28.7 Å². The average molecular weight is 468 g/mol. The monoisotopic (exact) mass is 467 g/mol. The second kappa shape index (κ2) is 9.02. The molecule has 2 aromatic heterocycles. The van der Waals surface area contributed by atoms with Crippen LogP contribution in [-0.2, 0) is 19.7 Å². The lowest BCUT2D eigenvalue weighted by Gasteiger charge is -2.40. The number of carbonyl (C=O) groups excluding carboxylic acids is 2. The molecule has 0 spiro atoms. The SMILES string of the molecule is COc1ccc(C2(C(=O)N3C[C@H](F)C[C@@H]3C(=O)Nc3ccc4[nH]ncc4n3)CCOCC2)cc1. The van der Waals surface area contributed by atoms with E-state index < -0.39 is 23.5 Å². The lowest BCUT2D eigenvalue weighted by atomic mass is 9.72. The van der Waals surface area contributed by atoms with Crippen molar-refractivity contribution in [1.82, 2.24) is 20.1 Å². The molecule has 2 aliphatic rings. The van der Waals surface area contributed by atoms with Gasteiger partial charge in [-0.3, -0.25) is 14.7 Å². The van der Waals surface area contributed by atoms with Crippen LogP contribution < -0.4 is 10.1 Å². The Bertz CT molecular complexity index is 1190. The van der Waals surface area contributed by atoms with Crippen LogP contribution in [0.5, 0.6) is 5.75 Å². The van der Waals surface area contributed by atoms with Gasteiger partial charge in [0.2, 0.25) is 11.8 Å². The second-order valence-corrected chi connectivity index (χ2v) is 8.72. The number of halogens is 1. The maximum absolute atomic E-state index is 14.6. The molecule has 2 aliphatic heterocycles. The molecule has 2 N–H and O–H groups in total. The summed E-state index contributed by atoms with van der Waals surface area (Å²) in [7, 11) is 1.58. The zero-order valence-corrected chi connectivity index (χ0v) is 18.8. The van der Waals surface area contributed by atoms with Gasteiger partial charge in [0.25, 0.3) is 0 Å². The van der Waals surface area contributed by atoms with Crippen molar-refractivity contribution in [2.45, 2.75) is 36.9 Å². The number of aromatic nitrogens is 3. The number of carbonyl (C=O) groups is 2. The Morgan fingerprint density at radius 3 is 2.71 bits per heavy atom. The van der Waals surface area contributed by atoms with Gasteiger partial charge >= 0.3 is 0 Å². The number of alkyl halides is 1. The third kappa shape index (κ3) is 3.98. The van der Waals surface area contributed by atoms with E-state index in [2.05, 4.69) is 20.5 Å². The Labute approximate surface area is 195 Å². The van der Waals surface area contributed by atoms with Crippen molar-refractivity contribution in [3.63, 3.8) is 0 Å². The lowest BCUT2D eigenvalue weighted by Crippen LogP contribution is -2.53. The van der Waals surface area contributed by atoms with Crippen LogP contribution >= 0.6 is 0 Å². The van der Waals surface area contributed by atoms with Crippen molar-refractivity contribution in [1.29, 1.82) is 0 Å². The fourth-order valence-corrected chi connectivity index (χ4v) is 4.90. The first kappa shape index (κ1) is 22.3. The highest BCUT2D eigenvalue weighted by atomic mass is 19.1. The zero-order valence-electron chi connectivity index (χ0n) is 18.8. The third-order valence-corrected chi connectivity index (χ3v) is 6.76. The zero-order chi connectivity index (χ0) is 23.7. The molecule has 34 heavy (non-hydrogen) atoms. The standard InChI is InChI=1S/C24H26FN5O4/c1-33-17-4-2-15(3-5-17)24(8-10-34-11-9-24)23(32)30-14-16(25)12-20(30)22(31)28-21-7-6-18-19(27-21)13-26-29-18/h2-7,13,16,20H,8-12,14H2,1H3,(H,26,29)(H,27,28,31)/t16-,20-/m1/s1. The van der Waals surface area contributed by atoms with E-state index in [9.17, 15) is 14.0 Å². The average Bonchev–Trinajstić information content (AvgIpc) is 3.50. The molecule has 1 aromatic carbocycles. The number of H-pyrrole nitrogens is 1. The van der Waals surface area contributed by atoms with Gasteiger partial charge in [-0.25, -0.2) is 9.37 Å². The van der Waals surface area contributed by atoms with Gasteiger partial charge in [0.15, 0.2) is 0 Å². The molecule has 3 aromatic rings. The molecule has 9 nitrogen and oxygen atoms in total. The summed E-state index contributed by atoms with van der Waals surface area (Å²) in [6, 6.07) is 9.81. The van der Waals surface area contributed by atoms with E-state index in [1.807, 2.05) is 24.3 Å². The summed E-state index contributed by atoms with van der Waals surface area (Å²) in [6.07, 6.45) is 1.13. The smallest absolute Gasteiger partial charge is 0.248 e. The van der Waals surface area contributed by atoms with Crippen LogP contribution in [0.15, 0.2) is 42.6 Å². The van der Waals surface area contributed by atoms with Crippen molar-refractivity contribution in [3.8, 4) is 5.75 Å². The molecule has 2 amide bonds. The largest absolute Gasteiger partial charge is 0.497 e. The van der Waals surface area contributed by atoms with Crippen molar-refractivity contribution in [2.24, 2.45) is 0 Å². The maximum Gasteiger partial charge on any atom is 0.248 e. The van der Waals surface area contributed by atoms with Gasteiger partial charge in [-0.05, 0) is 42.7 Å².